The summed E-state index contributed by atoms with van der Waals surface area (Å²) in [6, 6.07) is 0. The summed E-state index contributed by atoms with van der Waals surface area (Å²) in [5.41, 5.74) is 3.34. The van der Waals surface area contributed by atoms with E-state index in [2.05, 4.69) is 15.1 Å². The lowest BCUT2D eigenvalue weighted by Gasteiger charge is -2.05. The largest absolute Gasteiger partial charge is 0.306 e. The third-order valence-corrected chi connectivity index (χ3v) is 3.08. The zero-order valence-corrected chi connectivity index (χ0v) is 11.2. The highest BCUT2D eigenvalue weighted by atomic mass is 16.1. The van der Waals surface area contributed by atoms with Gasteiger partial charge in [0.2, 0.25) is 0 Å². The second-order valence-electron chi connectivity index (χ2n) is 4.36. The van der Waals surface area contributed by atoms with Gasteiger partial charge in [-0.2, -0.15) is 5.10 Å². The molecule has 0 aliphatic rings. The van der Waals surface area contributed by atoms with E-state index in [1.165, 1.54) is 0 Å². The van der Waals surface area contributed by atoms with Crippen molar-refractivity contribution in [3.63, 3.8) is 0 Å². The van der Waals surface area contributed by atoms with Crippen LogP contribution in [-0.4, -0.2) is 19.7 Å². The SMILES string of the molecule is CCc1nn(C)cc1-c1nc(CC)c(C)c(=O)[nH]1. The van der Waals surface area contributed by atoms with Crippen LogP contribution in [0, 0.1) is 6.92 Å². The van der Waals surface area contributed by atoms with Gasteiger partial charge in [0.25, 0.3) is 5.56 Å². The van der Waals surface area contributed by atoms with Gasteiger partial charge in [-0.1, -0.05) is 13.8 Å². The van der Waals surface area contributed by atoms with Gasteiger partial charge in [0.05, 0.1) is 17.0 Å². The molecule has 18 heavy (non-hydrogen) atoms. The lowest BCUT2D eigenvalue weighted by Crippen LogP contribution is -2.15. The van der Waals surface area contributed by atoms with E-state index < -0.39 is 0 Å². The maximum Gasteiger partial charge on any atom is 0.254 e. The van der Waals surface area contributed by atoms with Crippen LogP contribution in [0.15, 0.2) is 11.0 Å². The molecule has 0 saturated carbocycles. The Kier molecular flexibility index (Phi) is 3.32. The maximum absolute atomic E-state index is 11.9. The molecule has 1 N–H and O–H groups in total. The summed E-state index contributed by atoms with van der Waals surface area (Å²) >= 11 is 0. The first kappa shape index (κ1) is 12.5. The summed E-state index contributed by atoms with van der Waals surface area (Å²) in [5.74, 6) is 0.618. The van der Waals surface area contributed by atoms with Gasteiger partial charge < -0.3 is 4.98 Å². The molecule has 0 fully saturated rings. The fourth-order valence-corrected chi connectivity index (χ4v) is 2.04. The molecule has 0 radical (unpaired) electrons. The van der Waals surface area contributed by atoms with E-state index >= 15 is 0 Å². The highest BCUT2D eigenvalue weighted by Crippen LogP contribution is 2.19. The van der Waals surface area contributed by atoms with Crippen LogP contribution in [0.2, 0.25) is 0 Å². The predicted octanol–water partition coefficient (Wildman–Crippen LogP) is 1.60. The molecule has 0 aliphatic heterocycles. The first-order valence-corrected chi connectivity index (χ1v) is 6.19. The molecule has 0 unspecified atom stereocenters. The van der Waals surface area contributed by atoms with Crippen LogP contribution >= 0.6 is 0 Å². The normalized spacial score (nSPS) is 10.9. The van der Waals surface area contributed by atoms with Gasteiger partial charge in [-0.3, -0.25) is 9.48 Å². The van der Waals surface area contributed by atoms with Crippen LogP contribution in [0.25, 0.3) is 11.4 Å². The minimum absolute atomic E-state index is 0.0669. The van der Waals surface area contributed by atoms with E-state index in [0.29, 0.717) is 11.4 Å². The van der Waals surface area contributed by atoms with Crippen molar-refractivity contribution in [2.75, 3.05) is 0 Å². The summed E-state index contributed by atoms with van der Waals surface area (Å²) in [6.45, 7) is 5.85. The summed E-state index contributed by atoms with van der Waals surface area (Å²) in [5, 5.41) is 4.37. The van der Waals surface area contributed by atoms with Gasteiger partial charge in [-0.25, -0.2) is 4.98 Å². The summed E-state index contributed by atoms with van der Waals surface area (Å²) in [6.07, 6.45) is 3.46. The number of nitrogens with zero attached hydrogens (tertiary/aromatic N) is 3. The molecule has 96 valence electrons. The molecule has 0 bridgehead atoms. The Hall–Kier alpha value is -1.91. The summed E-state index contributed by atoms with van der Waals surface area (Å²) in [7, 11) is 1.87. The Bertz CT molecular complexity index is 624. The Morgan fingerprint density at radius 1 is 1.28 bits per heavy atom. The topological polar surface area (TPSA) is 63.6 Å². The van der Waals surface area contributed by atoms with Crippen molar-refractivity contribution in [3.05, 3.63) is 33.5 Å². The lowest BCUT2D eigenvalue weighted by molar-refractivity contribution is 0.746. The van der Waals surface area contributed by atoms with E-state index in [1.807, 2.05) is 27.1 Å². The highest BCUT2D eigenvalue weighted by molar-refractivity contribution is 5.57. The fourth-order valence-electron chi connectivity index (χ4n) is 2.04. The monoisotopic (exact) mass is 246 g/mol. The smallest absolute Gasteiger partial charge is 0.254 e. The van der Waals surface area contributed by atoms with Gasteiger partial charge in [0.15, 0.2) is 0 Å². The number of nitrogens with one attached hydrogen (secondary N) is 1. The Balaban J connectivity index is 2.64. The average molecular weight is 246 g/mol. The number of hydrogen-bond acceptors (Lipinski definition) is 3. The molecule has 0 atom stereocenters. The third kappa shape index (κ3) is 2.08. The zero-order chi connectivity index (χ0) is 13.3. The van der Waals surface area contributed by atoms with Crippen LogP contribution in [0.3, 0.4) is 0 Å². The van der Waals surface area contributed by atoms with E-state index in [4.69, 9.17) is 0 Å². The molecule has 0 spiro atoms. The standard InChI is InChI=1S/C13H18N4O/c1-5-10-8(3)13(18)15-12(14-10)9-7-17(4)16-11(9)6-2/h7H,5-6H2,1-4H3,(H,14,15,18). The Labute approximate surface area is 106 Å². The van der Waals surface area contributed by atoms with Crippen LogP contribution < -0.4 is 5.56 Å². The van der Waals surface area contributed by atoms with Crippen LogP contribution in [-0.2, 0) is 19.9 Å². The van der Waals surface area contributed by atoms with Crippen molar-refractivity contribution in [3.8, 4) is 11.4 Å². The average Bonchev–Trinajstić information content (AvgIpc) is 2.73. The number of aryl methyl sites for hydroxylation is 3. The Morgan fingerprint density at radius 3 is 2.56 bits per heavy atom. The van der Waals surface area contributed by atoms with Gasteiger partial charge in [0, 0.05) is 18.8 Å². The fraction of sp³-hybridized carbons (Fsp3) is 0.462. The number of rotatable bonds is 3. The van der Waals surface area contributed by atoms with Crippen molar-refractivity contribution in [2.45, 2.75) is 33.6 Å². The predicted molar refractivity (Wildman–Crippen MR) is 70.6 cm³/mol. The van der Waals surface area contributed by atoms with Gasteiger partial charge in [-0.15, -0.1) is 0 Å². The number of H-pyrrole nitrogens is 1. The lowest BCUT2D eigenvalue weighted by atomic mass is 10.1. The molecule has 5 nitrogen and oxygen atoms in total. The molecule has 2 heterocycles. The molecule has 0 amide bonds. The molecule has 2 aromatic heterocycles. The second kappa shape index (κ2) is 4.76. The van der Waals surface area contributed by atoms with Crippen LogP contribution in [0.4, 0.5) is 0 Å². The van der Waals surface area contributed by atoms with Gasteiger partial charge in [0.1, 0.15) is 5.82 Å². The first-order valence-electron chi connectivity index (χ1n) is 6.19. The molecule has 2 rings (SSSR count). The van der Waals surface area contributed by atoms with Crippen molar-refractivity contribution in [1.29, 1.82) is 0 Å². The molecule has 0 saturated heterocycles. The van der Waals surface area contributed by atoms with Crippen LogP contribution in [0.1, 0.15) is 30.8 Å². The minimum Gasteiger partial charge on any atom is -0.306 e. The van der Waals surface area contributed by atoms with Crippen LogP contribution in [0.5, 0.6) is 0 Å². The second-order valence-corrected chi connectivity index (χ2v) is 4.36. The first-order chi connectivity index (χ1) is 8.56. The van der Waals surface area contributed by atoms with Gasteiger partial charge >= 0.3 is 0 Å². The number of aromatic amines is 1. The maximum atomic E-state index is 11.9. The van der Waals surface area contributed by atoms with E-state index in [-0.39, 0.29) is 5.56 Å². The molecule has 0 aromatic carbocycles. The quantitative estimate of drug-likeness (QED) is 0.894. The van der Waals surface area contributed by atoms with E-state index in [0.717, 1.165) is 29.8 Å². The zero-order valence-electron chi connectivity index (χ0n) is 11.2. The van der Waals surface area contributed by atoms with Crippen molar-refractivity contribution in [1.82, 2.24) is 19.7 Å². The Morgan fingerprint density at radius 2 is 1.94 bits per heavy atom. The van der Waals surface area contributed by atoms with E-state index in [9.17, 15) is 4.79 Å². The highest BCUT2D eigenvalue weighted by Gasteiger charge is 2.13. The van der Waals surface area contributed by atoms with Crippen molar-refractivity contribution < 1.29 is 0 Å². The molecule has 2 aromatic rings. The minimum atomic E-state index is -0.0669. The van der Waals surface area contributed by atoms with E-state index in [1.54, 1.807) is 11.6 Å². The number of aromatic nitrogens is 4. The van der Waals surface area contributed by atoms with Crippen molar-refractivity contribution >= 4 is 0 Å². The third-order valence-electron chi connectivity index (χ3n) is 3.08. The van der Waals surface area contributed by atoms with Crippen molar-refractivity contribution in [2.24, 2.45) is 7.05 Å². The summed E-state index contributed by atoms with van der Waals surface area (Å²) < 4.78 is 1.75. The summed E-state index contributed by atoms with van der Waals surface area (Å²) in [4.78, 5) is 19.2. The van der Waals surface area contributed by atoms with Gasteiger partial charge in [-0.05, 0) is 19.8 Å². The molecule has 5 heteroatoms. The molecule has 0 aliphatic carbocycles. The number of hydrogen-bond donors (Lipinski definition) is 1. The molecular weight excluding hydrogens is 228 g/mol. The molecular formula is C13H18N4O.